The summed E-state index contributed by atoms with van der Waals surface area (Å²) in [5.41, 5.74) is 13.5. The van der Waals surface area contributed by atoms with Gasteiger partial charge in [0.15, 0.2) is 17.3 Å². The van der Waals surface area contributed by atoms with Gasteiger partial charge in [-0.05, 0) is 98.2 Å². The Bertz CT molecular complexity index is 1910. The molecule has 1 aliphatic heterocycles. The van der Waals surface area contributed by atoms with Gasteiger partial charge in [0.2, 0.25) is 5.91 Å². The Morgan fingerprint density at radius 3 is 2.67 bits per heavy atom. The van der Waals surface area contributed by atoms with E-state index < -0.39 is 0 Å². The number of nitrogens with zero attached hydrogens (tertiary/aromatic N) is 7. The third kappa shape index (κ3) is 4.99. The minimum Gasteiger partial charge on any atom is -0.383 e. The average molecular weight is 600 g/mol. The number of carbonyl (C=O) groups is 1. The first-order chi connectivity index (χ1) is 22.1. The Hall–Kier alpha value is -4.83. The number of hydrogen-bond acceptors (Lipinski definition) is 7. The number of piperidine rings is 1. The summed E-state index contributed by atoms with van der Waals surface area (Å²) in [5.74, 6) is 2.48. The lowest BCUT2D eigenvalue weighted by molar-refractivity contribution is -0.127. The molecular weight excluding hydrogens is 562 g/mol. The first kappa shape index (κ1) is 27.7. The van der Waals surface area contributed by atoms with E-state index in [2.05, 4.69) is 45.7 Å². The van der Waals surface area contributed by atoms with Crippen LogP contribution in [0.1, 0.15) is 67.3 Å². The predicted molar refractivity (Wildman–Crippen MR) is 174 cm³/mol. The van der Waals surface area contributed by atoms with Crippen LogP contribution in [0.2, 0.25) is 0 Å². The predicted octanol–water partition coefficient (Wildman–Crippen LogP) is 5.27. The summed E-state index contributed by atoms with van der Waals surface area (Å²) in [7, 11) is 0. The van der Waals surface area contributed by atoms with Crippen molar-refractivity contribution in [2.45, 2.75) is 62.9 Å². The molecule has 1 saturated heterocycles. The van der Waals surface area contributed by atoms with Crippen molar-refractivity contribution >= 4 is 22.9 Å². The highest BCUT2D eigenvalue weighted by Crippen LogP contribution is 2.37. The van der Waals surface area contributed by atoms with Gasteiger partial charge < -0.3 is 16.0 Å². The van der Waals surface area contributed by atoms with Crippen LogP contribution in [-0.2, 0) is 11.2 Å². The third-order valence-electron chi connectivity index (χ3n) is 9.82. The molecule has 1 saturated carbocycles. The fourth-order valence-electron chi connectivity index (χ4n) is 7.09. The molecule has 1 aromatic carbocycles. The van der Waals surface area contributed by atoms with E-state index in [0.29, 0.717) is 29.6 Å². The molecule has 1 atom stereocenters. The summed E-state index contributed by atoms with van der Waals surface area (Å²) in [6, 6.07) is 17.3. The first-order valence-electron chi connectivity index (χ1n) is 16.0. The second-order valence-electron chi connectivity index (χ2n) is 12.5. The van der Waals surface area contributed by atoms with Gasteiger partial charge >= 0.3 is 0 Å². The minimum absolute atomic E-state index is 0.0243. The fourth-order valence-corrected chi connectivity index (χ4v) is 7.09. The average Bonchev–Trinajstić information content (AvgIpc) is 3.77. The van der Waals surface area contributed by atoms with Gasteiger partial charge in [0.1, 0.15) is 11.3 Å². The van der Waals surface area contributed by atoms with Crippen molar-refractivity contribution in [1.29, 1.82) is 0 Å². The summed E-state index contributed by atoms with van der Waals surface area (Å²) < 4.78 is 3.98. The first-order valence-corrected chi connectivity index (χ1v) is 16.0. The Labute approximate surface area is 262 Å². The Morgan fingerprint density at radius 1 is 1.02 bits per heavy atom. The van der Waals surface area contributed by atoms with E-state index in [-0.39, 0.29) is 5.91 Å². The molecule has 3 aliphatic rings. The molecule has 1 amide bonds. The van der Waals surface area contributed by atoms with Crippen molar-refractivity contribution in [3.63, 3.8) is 0 Å². The Kier molecular flexibility index (Phi) is 6.94. The van der Waals surface area contributed by atoms with E-state index >= 15 is 0 Å². The quantitative estimate of drug-likeness (QED) is 0.245. The highest BCUT2D eigenvalue weighted by molar-refractivity contribution is 5.87. The normalized spacial score (nSPS) is 18.7. The fraction of sp³-hybridized carbons (Fsp3) is 0.343. The van der Waals surface area contributed by atoms with Crippen LogP contribution in [0.4, 0.5) is 5.82 Å². The number of rotatable bonds is 7. The zero-order chi connectivity index (χ0) is 30.5. The molecule has 0 spiro atoms. The molecule has 5 aromatic rings. The summed E-state index contributed by atoms with van der Waals surface area (Å²) in [5, 5.41) is 8.77. The van der Waals surface area contributed by atoms with Gasteiger partial charge in [-0.3, -0.25) is 9.36 Å². The van der Waals surface area contributed by atoms with E-state index in [1.165, 1.54) is 36.5 Å². The number of anilines is 1. The summed E-state index contributed by atoms with van der Waals surface area (Å²) in [6.45, 7) is 5.17. The number of amides is 1. The number of imidazole rings is 1. The third-order valence-corrected chi connectivity index (χ3v) is 9.82. The topological polar surface area (TPSA) is 120 Å². The lowest BCUT2D eigenvalue weighted by Crippen LogP contribution is -2.45. The second-order valence-corrected chi connectivity index (χ2v) is 12.5. The summed E-state index contributed by atoms with van der Waals surface area (Å²) >= 11 is 0. The zero-order valence-corrected chi connectivity index (χ0v) is 25.3. The molecular formula is C35H37N9O. The van der Waals surface area contributed by atoms with Crippen LogP contribution in [0, 0.1) is 0 Å². The summed E-state index contributed by atoms with van der Waals surface area (Å²) in [6.07, 6.45) is 12.7. The molecule has 2 fully saturated rings. The molecule has 0 bridgehead atoms. The molecule has 8 rings (SSSR count). The maximum Gasteiger partial charge on any atom is 0.245 e. The maximum absolute atomic E-state index is 12.0. The van der Waals surface area contributed by atoms with E-state index in [9.17, 15) is 4.79 Å². The van der Waals surface area contributed by atoms with Crippen molar-refractivity contribution in [3.8, 4) is 22.9 Å². The molecule has 228 valence electrons. The minimum atomic E-state index is 0.0243. The van der Waals surface area contributed by atoms with E-state index in [4.69, 9.17) is 20.8 Å². The SMILES string of the molecule is C=CC(=O)N1CCC(N[C@H]2CCc3cc(-n4c(-c5cccnc5N)nc5ccc(-n6ccc(C7CCC7)n6)nc54)ccc32)CC1. The Balaban J connectivity index is 1.14. The number of nitrogens with two attached hydrogens (primary N) is 1. The van der Waals surface area contributed by atoms with Crippen LogP contribution in [0.15, 0.2) is 73.6 Å². The van der Waals surface area contributed by atoms with Crippen molar-refractivity contribution in [3.05, 3.63) is 90.4 Å². The van der Waals surface area contributed by atoms with Gasteiger partial charge in [-0.15, -0.1) is 0 Å². The maximum atomic E-state index is 12.0. The highest BCUT2D eigenvalue weighted by Gasteiger charge is 2.29. The standard InChI is InChI=1S/C35H37N9O/c1-2-32(45)42-18-14-24(15-19-42)38-29-11-8-23-21-25(9-10-26(23)29)44-34(27-7-4-17-37-33(27)36)39-30-12-13-31(40-35(30)44)43-20-16-28(41-43)22-5-3-6-22/h2,4,7,9-10,12-13,16-17,20-22,24,29,38H,1,3,5-6,8,11,14-15,18-19H2,(H2,36,37)/t29-/m0/s1. The molecule has 45 heavy (non-hydrogen) atoms. The molecule has 2 aliphatic carbocycles. The van der Waals surface area contributed by atoms with Crippen LogP contribution in [0.5, 0.6) is 0 Å². The van der Waals surface area contributed by atoms with Gasteiger partial charge in [-0.2, -0.15) is 5.10 Å². The van der Waals surface area contributed by atoms with Crippen molar-refractivity contribution < 1.29 is 4.79 Å². The van der Waals surface area contributed by atoms with Crippen LogP contribution in [0.25, 0.3) is 34.1 Å². The summed E-state index contributed by atoms with van der Waals surface area (Å²) in [4.78, 5) is 28.4. The van der Waals surface area contributed by atoms with E-state index in [1.807, 2.05) is 40.0 Å². The number of fused-ring (bicyclic) bond motifs is 2. The monoisotopic (exact) mass is 599 g/mol. The van der Waals surface area contributed by atoms with Gasteiger partial charge in [-0.1, -0.05) is 19.1 Å². The van der Waals surface area contributed by atoms with E-state index in [1.54, 1.807) is 6.20 Å². The Morgan fingerprint density at radius 2 is 1.89 bits per heavy atom. The van der Waals surface area contributed by atoms with Gasteiger partial charge in [0, 0.05) is 49.2 Å². The zero-order valence-electron chi connectivity index (χ0n) is 25.3. The number of aryl methyl sites for hydroxylation is 1. The number of pyridine rings is 2. The van der Waals surface area contributed by atoms with Crippen LogP contribution >= 0.6 is 0 Å². The number of nitrogen functional groups attached to an aromatic ring is 1. The number of carbonyl (C=O) groups excluding carboxylic acids is 1. The number of aromatic nitrogens is 6. The van der Waals surface area contributed by atoms with Gasteiger partial charge in [0.25, 0.3) is 0 Å². The van der Waals surface area contributed by atoms with Crippen LogP contribution < -0.4 is 11.1 Å². The number of nitrogens with one attached hydrogen (secondary N) is 1. The molecule has 10 nitrogen and oxygen atoms in total. The van der Waals surface area contributed by atoms with Crippen LogP contribution in [-0.4, -0.2) is 59.2 Å². The molecule has 4 aromatic heterocycles. The van der Waals surface area contributed by atoms with Crippen molar-refractivity contribution in [2.24, 2.45) is 0 Å². The number of benzene rings is 1. The van der Waals surface area contributed by atoms with E-state index in [0.717, 1.165) is 72.7 Å². The second kappa shape index (κ2) is 11.3. The molecule has 0 radical (unpaired) electrons. The van der Waals surface area contributed by atoms with Crippen molar-refractivity contribution in [1.82, 2.24) is 39.5 Å². The molecule has 5 heterocycles. The largest absolute Gasteiger partial charge is 0.383 e. The van der Waals surface area contributed by atoms with Gasteiger partial charge in [-0.25, -0.2) is 19.6 Å². The van der Waals surface area contributed by atoms with Gasteiger partial charge in [0.05, 0.1) is 11.3 Å². The molecule has 0 unspecified atom stereocenters. The smallest absolute Gasteiger partial charge is 0.245 e. The number of likely N-dealkylation sites (tertiary alicyclic amines) is 1. The highest BCUT2D eigenvalue weighted by atomic mass is 16.2. The number of hydrogen-bond donors (Lipinski definition) is 2. The van der Waals surface area contributed by atoms with Crippen LogP contribution in [0.3, 0.4) is 0 Å². The van der Waals surface area contributed by atoms with Crippen molar-refractivity contribution in [2.75, 3.05) is 18.8 Å². The molecule has 3 N–H and O–H groups in total. The molecule has 10 heteroatoms. The lowest BCUT2D eigenvalue weighted by Gasteiger charge is -2.33. The lowest BCUT2D eigenvalue weighted by atomic mass is 9.83.